The molecule has 0 saturated carbocycles. The zero-order chi connectivity index (χ0) is 10.7. The Balaban J connectivity index is 2.40. The number of anilines is 1. The summed E-state index contributed by atoms with van der Waals surface area (Å²) in [6.07, 6.45) is 4.67. The molecule has 6 N–H and O–H groups in total. The third-order valence-electron chi connectivity index (χ3n) is 2.07. The second kappa shape index (κ2) is 4.03. The zero-order valence-electron chi connectivity index (χ0n) is 7.88. The summed E-state index contributed by atoms with van der Waals surface area (Å²) in [6.45, 7) is 0. The third kappa shape index (κ3) is 1.78. The van der Waals surface area contributed by atoms with Crippen molar-refractivity contribution in [2.75, 3.05) is 5.73 Å². The van der Waals surface area contributed by atoms with Gasteiger partial charge in [-0.2, -0.15) is 5.10 Å². The lowest BCUT2D eigenvalue weighted by molar-refractivity contribution is 0.604. The highest BCUT2D eigenvalue weighted by molar-refractivity contribution is 5.47. The van der Waals surface area contributed by atoms with Gasteiger partial charge in [0.1, 0.15) is 18.2 Å². The van der Waals surface area contributed by atoms with Crippen LogP contribution in [0.5, 0.6) is 0 Å². The molecule has 7 nitrogen and oxygen atoms in total. The SMILES string of the molecule is NNC(c1ncn[nH]1)c1cnccc1N. The lowest BCUT2D eigenvalue weighted by Gasteiger charge is -2.14. The van der Waals surface area contributed by atoms with Crippen LogP contribution in [0.15, 0.2) is 24.8 Å². The van der Waals surface area contributed by atoms with Gasteiger partial charge in [0.25, 0.3) is 0 Å². The number of nitrogens with zero attached hydrogens (tertiary/aromatic N) is 3. The Morgan fingerprint density at radius 1 is 1.47 bits per heavy atom. The van der Waals surface area contributed by atoms with Crippen molar-refractivity contribution < 1.29 is 0 Å². The van der Waals surface area contributed by atoms with Crippen molar-refractivity contribution in [2.45, 2.75) is 6.04 Å². The van der Waals surface area contributed by atoms with Gasteiger partial charge in [-0.05, 0) is 6.07 Å². The molecule has 2 rings (SSSR count). The normalized spacial score (nSPS) is 12.6. The first kappa shape index (κ1) is 9.56. The van der Waals surface area contributed by atoms with Crippen LogP contribution in [0.25, 0.3) is 0 Å². The number of hydrogen-bond acceptors (Lipinski definition) is 6. The maximum atomic E-state index is 5.81. The van der Waals surface area contributed by atoms with E-state index in [-0.39, 0.29) is 6.04 Å². The summed E-state index contributed by atoms with van der Waals surface area (Å²) < 4.78 is 0. The Morgan fingerprint density at radius 3 is 2.93 bits per heavy atom. The van der Waals surface area contributed by atoms with Crippen molar-refractivity contribution in [3.05, 3.63) is 36.2 Å². The first-order valence-corrected chi connectivity index (χ1v) is 4.33. The molecular formula is C8H11N7. The second-order valence-electron chi connectivity index (χ2n) is 2.97. The van der Waals surface area contributed by atoms with Gasteiger partial charge < -0.3 is 5.73 Å². The third-order valence-corrected chi connectivity index (χ3v) is 2.07. The standard InChI is InChI=1S/C8H11N7/c9-6-1-2-11-3-5(6)7(14-10)8-12-4-13-15-8/h1-4,7,14H,10H2,(H2,9,11)(H,12,13,15). The van der Waals surface area contributed by atoms with Crippen molar-refractivity contribution in [2.24, 2.45) is 5.84 Å². The molecule has 0 radical (unpaired) electrons. The van der Waals surface area contributed by atoms with Gasteiger partial charge in [0.05, 0.1) is 0 Å². The molecule has 0 aromatic carbocycles. The summed E-state index contributed by atoms with van der Waals surface area (Å²) in [4.78, 5) is 8.00. The van der Waals surface area contributed by atoms with Gasteiger partial charge in [0.2, 0.25) is 0 Å². The van der Waals surface area contributed by atoms with E-state index in [4.69, 9.17) is 11.6 Å². The van der Waals surface area contributed by atoms with Crippen LogP contribution in [0, 0.1) is 0 Å². The number of hydrogen-bond donors (Lipinski definition) is 4. The average molecular weight is 205 g/mol. The van der Waals surface area contributed by atoms with E-state index in [1.165, 1.54) is 6.33 Å². The van der Waals surface area contributed by atoms with Gasteiger partial charge in [-0.25, -0.2) is 10.4 Å². The molecule has 78 valence electrons. The molecule has 2 aromatic heterocycles. The van der Waals surface area contributed by atoms with Gasteiger partial charge in [-0.1, -0.05) is 0 Å². The van der Waals surface area contributed by atoms with Crippen molar-refractivity contribution in [3.63, 3.8) is 0 Å². The fourth-order valence-electron chi connectivity index (χ4n) is 1.33. The molecule has 0 saturated heterocycles. The minimum absolute atomic E-state index is 0.332. The molecule has 0 aliphatic heterocycles. The number of nitrogens with two attached hydrogens (primary N) is 2. The zero-order valence-corrected chi connectivity index (χ0v) is 7.88. The van der Waals surface area contributed by atoms with Crippen LogP contribution in [-0.4, -0.2) is 20.2 Å². The molecule has 0 spiro atoms. The largest absolute Gasteiger partial charge is 0.398 e. The molecule has 2 aromatic rings. The molecule has 0 aliphatic rings. The summed E-state index contributed by atoms with van der Waals surface area (Å²) in [7, 11) is 0. The predicted octanol–water partition coefficient (Wildman–Crippen LogP) is -0.665. The average Bonchev–Trinajstić information content (AvgIpc) is 2.75. The molecule has 7 heteroatoms. The van der Waals surface area contributed by atoms with Crippen LogP contribution < -0.4 is 17.0 Å². The lowest BCUT2D eigenvalue weighted by Crippen LogP contribution is -2.30. The number of pyridine rings is 1. The Morgan fingerprint density at radius 2 is 2.33 bits per heavy atom. The van der Waals surface area contributed by atoms with E-state index in [2.05, 4.69) is 25.6 Å². The van der Waals surface area contributed by atoms with E-state index < -0.39 is 0 Å². The Hall–Kier alpha value is -1.99. The number of H-pyrrole nitrogens is 1. The number of rotatable bonds is 3. The molecule has 0 fully saturated rings. The van der Waals surface area contributed by atoms with Gasteiger partial charge in [0, 0.05) is 23.6 Å². The second-order valence-corrected chi connectivity index (χ2v) is 2.97. The minimum Gasteiger partial charge on any atom is -0.398 e. The molecule has 0 bridgehead atoms. The van der Waals surface area contributed by atoms with Crippen LogP contribution in [0.1, 0.15) is 17.4 Å². The predicted molar refractivity (Wildman–Crippen MR) is 54.2 cm³/mol. The molecule has 1 unspecified atom stereocenters. The number of aromatic amines is 1. The van der Waals surface area contributed by atoms with Crippen LogP contribution in [0.3, 0.4) is 0 Å². The molecule has 15 heavy (non-hydrogen) atoms. The van der Waals surface area contributed by atoms with Gasteiger partial charge in [0.15, 0.2) is 0 Å². The van der Waals surface area contributed by atoms with Crippen LogP contribution in [-0.2, 0) is 0 Å². The topological polar surface area (TPSA) is 119 Å². The van der Waals surface area contributed by atoms with E-state index in [0.717, 1.165) is 5.56 Å². The van der Waals surface area contributed by atoms with Crippen molar-refractivity contribution in [3.8, 4) is 0 Å². The number of nitrogen functional groups attached to an aromatic ring is 1. The van der Waals surface area contributed by atoms with Crippen LogP contribution in [0.2, 0.25) is 0 Å². The van der Waals surface area contributed by atoms with E-state index in [0.29, 0.717) is 11.5 Å². The van der Waals surface area contributed by atoms with Crippen LogP contribution >= 0.6 is 0 Å². The quantitative estimate of drug-likeness (QED) is 0.390. The van der Waals surface area contributed by atoms with Crippen molar-refractivity contribution in [1.82, 2.24) is 25.6 Å². The Bertz CT molecular complexity index is 424. The number of hydrazine groups is 1. The maximum Gasteiger partial charge on any atom is 0.147 e. The van der Waals surface area contributed by atoms with E-state index in [1.54, 1.807) is 18.5 Å². The Kier molecular flexibility index (Phi) is 2.57. The van der Waals surface area contributed by atoms with Crippen molar-refractivity contribution in [1.29, 1.82) is 0 Å². The monoisotopic (exact) mass is 205 g/mol. The summed E-state index contributed by atoms with van der Waals surface area (Å²) in [5.41, 5.74) is 9.78. The highest BCUT2D eigenvalue weighted by atomic mass is 15.3. The molecule has 1 atom stereocenters. The first-order valence-electron chi connectivity index (χ1n) is 4.33. The van der Waals surface area contributed by atoms with Gasteiger partial charge >= 0.3 is 0 Å². The van der Waals surface area contributed by atoms with E-state index in [9.17, 15) is 0 Å². The summed E-state index contributed by atoms with van der Waals surface area (Å²) >= 11 is 0. The molecular weight excluding hydrogens is 194 g/mol. The first-order chi connectivity index (χ1) is 7.33. The summed E-state index contributed by atoms with van der Waals surface area (Å²) in [6, 6.07) is 1.37. The van der Waals surface area contributed by atoms with Crippen LogP contribution in [0.4, 0.5) is 5.69 Å². The molecule has 0 aliphatic carbocycles. The summed E-state index contributed by atoms with van der Waals surface area (Å²) in [5.74, 6) is 6.04. The number of aromatic nitrogens is 4. The smallest absolute Gasteiger partial charge is 0.147 e. The van der Waals surface area contributed by atoms with Gasteiger partial charge in [-0.15, -0.1) is 0 Å². The van der Waals surface area contributed by atoms with Crippen molar-refractivity contribution >= 4 is 5.69 Å². The highest BCUT2D eigenvalue weighted by Crippen LogP contribution is 2.21. The summed E-state index contributed by atoms with van der Waals surface area (Å²) in [5, 5.41) is 6.48. The highest BCUT2D eigenvalue weighted by Gasteiger charge is 2.17. The van der Waals surface area contributed by atoms with E-state index >= 15 is 0 Å². The van der Waals surface area contributed by atoms with E-state index in [1.807, 2.05) is 0 Å². The maximum absolute atomic E-state index is 5.81. The van der Waals surface area contributed by atoms with Gasteiger partial charge in [-0.3, -0.25) is 15.9 Å². The molecule has 0 amide bonds. The number of nitrogens with one attached hydrogen (secondary N) is 2. The lowest BCUT2D eigenvalue weighted by atomic mass is 10.1. The minimum atomic E-state index is -0.332. The molecule has 2 heterocycles. The fourth-order valence-corrected chi connectivity index (χ4v) is 1.33. The Labute approximate surface area is 85.9 Å². The fraction of sp³-hybridized carbons (Fsp3) is 0.125.